The summed E-state index contributed by atoms with van der Waals surface area (Å²) in [6.07, 6.45) is 5.21. The van der Waals surface area contributed by atoms with E-state index in [1.54, 1.807) is 13.8 Å². The van der Waals surface area contributed by atoms with Crippen LogP contribution >= 0.6 is 0 Å². The molecule has 1 aliphatic carbocycles. The Kier molecular flexibility index (Phi) is 4.93. The fraction of sp³-hybridized carbons (Fsp3) is 0.786. The van der Waals surface area contributed by atoms with Crippen LogP contribution in [-0.2, 0) is 9.59 Å². The Morgan fingerprint density at radius 3 is 2.21 bits per heavy atom. The molecule has 1 rings (SSSR count). The summed E-state index contributed by atoms with van der Waals surface area (Å²) in [4.78, 5) is 23.4. The second kappa shape index (κ2) is 6.05. The minimum Gasteiger partial charge on any atom is -0.370 e. The van der Waals surface area contributed by atoms with Gasteiger partial charge in [-0.3, -0.25) is 9.59 Å². The van der Waals surface area contributed by atoms with Crippen LogP contribution in [0.5, 0.6) is 0 Å². The maximum atomic E-state index is 12.4. The zero-order chi connectivity index (χ0) is 14.5. The van der Waals surface area contributed by atoms with Crippen molar-refractivity contribution in [3.8, 4) is 6.07 Å². The molecule has 0 radical (unpaired) electrons. The number of amides is 2. The summed E-state index contributed by atoms with van der Waals surface area (Å²) in [5, 5.41) is 12.2. The second-order valence-electron chi connectivity index (χ2n) is 6.09. The summed E-state index contributed by atoms with van der Waals surface area (Å²) in [6.45, 7) is 3.49. The predicted octanol–water partition coefficient (Wildman–Crippen LogP) is 1.62. The smallest absolute Gasteiger partial charge is 0.240 e. The Balaban J connectivity index is 2.79. The molecule has 3 N–H and O–H groups in total. The van der Waals surface area contributed by atoms with Gasteiger partial charge in [0.25, 0.3) is 0 Å². The SMILES string of the molecule is CC(C)(CC(N)=O)NC(=O)C1(C#N)CCCCCC1. The van der Waals surface area contributed by atoms with E-state index in [2.05, 4.69) is 11.4 Å². The van der Waals surface area contributed by atoms with Gasteiger partial charge in [-0.2, -0.15) is 5.26 Å². The Hall–Kier alpha value is -1.57. The normalized spacial score (nSPS) is 19.0. The molecule has 1 saturated carbocycles. The number of nitriles is 1. The molecule has 0 spiro atoms. The van der Waals surface area contributed by atoms with Gasteiger partial charge >= 0.3 is 0 Å². The Morgan fingerprint density at radius 1 is 1.26 bits per heavy atom. The van der Waals surface area contributed by atoms with E-state index in [-0.39, 0.29) is 12.3 Å². The largest absolute Gasteiger partial charge is 0.370 e. The Labute approximate surface area is 114 Å². The van der Waals surface area contributed by atoms with E-state index in [1.807, 2.05) is 0 Å². The highest BCUT2D eigenvalue weighted by molar-refractivity contribution is 5.86. The van der Waals surface area contributed by atoms with Gasteiger partial charge in [-0.05, 0) is 26.7 Å². The molecule has 0 saturated heterocycles. The van der Waals surface area contributed by atoms with Crippen LogP contribution in [0.2, 0.25) is 0 Å². The van der Waals surface area contributed by atoms with E-state index >= 15 is 0 Å². The van der Waals surface area contributed by atoms with Crippen molar-refractivity contribution in [3.05, 3.63) is 0 Å². The van der Waals surface area contributed by atoms with Gasteiger partial charge in [-0.15, -0.1) is 0 Å². The first-order valence-electron chi connectivity index (χ1n) is 6.83. The number of carbonyl (C=O) groups is 2. The van der Waals surface area contributed by atoms with Gasteiger partial charge in [-0.1, -0.05) is 25.7 Å². The third-order valence-electron chi connectivity index (χ3n) is 3.67. The molecule has 106 valence electrons. The molecule has 5 heteroatoms. The number of nitrogens with zero attached hydrogens (tertiary/aromatic N) is 1. The lowest BCUT2D eigenvalue weighted by Gasteiger charge is -2.31. The molecule has 0 atom stereocenters. The maximum Gasteiger partial charge on any atom is 0.240 e. The molecule has 1 aliphatic rings. The average molecular weight is 265 g/mol. The molecule has 0 aromatic carbocycles. The molecule has 1 fully saturated rings. The van der Waals surface area contributed by atoms with Crippen LogP contribution < -0.4 is 11.1 Å². The number of nitrogens with one attached hydrogen (secondary N) is 1. The van der Waals surface area contributed by atoms with Crippen LogP contribution in [0, 0.1) is 16.7 Å². The average Bonchev–Trinajstić information content (AvgIpc) is 2.52. The van der Waals surface area contributed by atoms with Gasteiger partial charge in [0.2, 0.25) is 11.8 Å². The van der Waals surface area contributed by atoms with Crippen LogP contribution in [0.15, 0.2) is 0 Å². The van der Waals surface area contributed by atoms with Crippen molar-refractivity contribution in [2.24, 2.45) is 11.1 Å². The molecule has 0 aromatic heterocycles. The number of carbonyl (C=O) groups excluding carboxylic acids is 2. The van der Waals surface area contributed by atoms with Crippen molar-refractivity contribution in [1.29, 1.82) is 5.26 Å². The van der Waals surface area contributed by atoms with Crippen LogP contribution in [0.1, 0.15) is 58.8 Å². The number of nitrogens with two attached hydrogens (primary N) is 1. The fourth-order valence-corrected chi connectivity index (χ4v) is 2.63. The molecular weight excluding hydrogens is 242 g/mol. The molecule has 0 aliphatic heterocycles. The Morgan fingerprint density at radius 2 is 1.79 bits per heavy atom. The molecule has 0 heterocycles. The van der Waals surface area contributed by atoms with Crippen molar-refractivity contribution >= 4 is 11.8 Å². The monoisotopic (exact) mass is 265 g/mol. The molecule has 0 unspecified atom stereocenters. The minimum atomic E-state index is -0.939. The van der Waals surface area contributed by atoms with Crippen LogP contribution in [0.4, 0.5) is 0 Å². The van der Waals surface area contributed by atoms with Gasteiger partial charge in [-0.25, -0.2) is 0 Å². The van der Waals surface area contributed by atoms with E-state index in [1.165, 1.54) is 0 Å². The topological polar surface area (TPSA) is 96.0 Å². The van der Waals surface area contributed by atoms with Gasteiger partial charge in [0.15, 0.2) is 0 Å². The molecule has 5 nitrogen and oxygen atoms in total. The summed E-state index contributed by atoms with van der Waals surface area (Å²) >= 11 is 0. The van der Waals surface area contributed by atoms with E-state index in [4.69, 9.17) is 5.73 Å². The van der Waals surface area contributed by atoms with Gasteiger partial charge in [0.1, 0.15) is 5.41 Å². The maximum absolute atomic E-state index is 12.4. The molecule has 0 bridgehead atoms. The molecule has 0 aromatic rings. The standard InChI is InChI=1S/C14H23N3O2/c1-13(2,9-11(16)18)17-12(19)14(10-15)7-5-3-4-6-8-14/h3-9H2,1-2H3,(H2,16,18)(H,17,19). The second-order valence-corrected chi connectivity index (χ2v) is 6.09. The van der Waals surface area contributed by atoms with Crippen LogP contribution in [0.3, 0.4) is 0 Å². The lowest BCUT2D eigenvalue weighted by molar-refractivity contribution is -0.131. The summed E-state index contributed by atoms with van der Waals surface area (Å²) in [5.74, 6) is -0.722. The third-order valence-corrected chi connectivity index (χ3v) is 3.67. The number of rotatable bonds is 4. The van der Waals surface area contributed by atoms with Crippen LogP contribution in [0.25, 0.3) is 0 Å². The Bertz CT molecular complexity index is 388. The lowest BCUT2D eigenvalue weighted by atomic mass is 9.80. The number of hydrogen-bond acceptors (Lipinski definition) is 3. The third kappa shape index (κ3) is 4.23. The van der Waals surface area contributed by atoms with Crippen molar-refractivity contribution < 1.29 is 9.59 Å². The first-order chi connectivity index (χ1) is 8.81. The summed E-state index contributed by atoms with van der Waals surface area (Å²) in [6, 6.07) is 2.20. The van der Waals surface area contributed by atoms with E-state index in [0.717, 1.165) is 25.7 Å². The fourth-order valence-electron chi connectivity index (χ4n) is 2.63. The molecular formula is C14H23N3O2. The minimum absolute atomic E-state index is 0.0697. The molecule has 2 amide bonds. The van der Waals surface area contributed by atoms with Crippen molar-refractivity contribution in [1.82, 2.24) is 5.32 Å². The predicted molar refractivity (Wildman–Crippen MR) is 71.8 cm³/mol. The zero-order valence-electron chi connectivity index (χ0n) is 11.8. The highest BCUT2D eigenvalue weighted by Gasteiger charge is 2.41. The summed E-state index contributed by atoms with van der Waals surface area (Å²) in [7, 11) is 0. The quantitative estimate of drug-likeness (QED) is 0.756. The van der Waals surface area contributed by atoms with Crippen LogP contribution in [-0.4, -0.2) is 17.4 Å². The van der Waals surface area contributed by atoms with Crippen molar-refractivity contribution in [3.63, 3.8) is 0 Å². The van der Waals surface area contributed by atoms with E-state index in [0.29, 0.717) is 12.8 Å². The van der Waals surface area contributed by atoms with Gasteiger partial charge in [0.05, 0.1) is 6.07 Å². The van der Waals surface area contributed by atoms with Crippen molar-refractivity contribution in [2.75, 3.05) is 0 Å². The highest BCUT2D eigenvalue weighted by atomic mass is 16.2. The highest BCUT2D eigenvalue weighted by Crippen LogP contribution is 2.35. The lowest BCUT2D eigenvalue weighted by Crippen LogP contribution is -2.51. The zero-order valence-corrected chi connectivity index (χ0v) is 11.8. The first kappa shape index (κ1) is 15.5. The van der Waals surface area contributed by atoms with E-state index in [9.17, 15) is 14.9 Å². The molecule has 19 heavy (non-hydrogen) atoms. The summed E-state index contributed by atoms with van der Waals surface area (Å²) in [5.41, 5.74) is 3.52. The number of hydrogen-bond donors (Lipinski definition) is 2. The summed E-state index contributed by atoms with van der Waals surface area (Å²) < 4.78 is 0. The number of primary amides is 1. The van der Waals surface area contributed by atoms with Crippen molar-refractivity contribution in [2.45, 2.75) is 64.3 Å². The van der Waals surface area contributed by atoms with Gasteiger partial charge < -0.3 is 11.1 Å². The van der Waals surface area contributed by atoms with Gasteiger partial charge in [0, 0.05) is 12.0 Å². The first-order valence-corrected chi connectivity index (χ1v) is 6.83. The van der Waals surface area contributed by atoms with E-state index < -0.39 is 16.9 Å².